The van der Waals surface area contributed by atoms with Crippen LogP contribution >= 0.6 is 11.6 Å². The fourth-order valence-electron chi connectivity index (χ4n) is 3.83. The smallest absolute Gasteiger partial charge is 0.257 e. The van der Waals surface area contributed by atoms with E-state index in [1.165, 1.54) is 4.90 Å². The third-order valence-electron chi connectivity index (χ3n) is 5.66. The highest BCUT2D eigenvalue weighted by Gasteiger charge is 2.44. The minimum Gasteiger partial charge on any atom is -0.497 e. The van der Waals surface area contributed by atoms with E-state index in [1.54, 1.807) is 55.6 Å². The number of hydrogen-bond acceptors (Lipinski definition) is 4. The van der Waals surface area contributed by atoms with Gasteiger partial charge in [0.1, 0.15) is 11.8 Å². The Bertz CT molecular complexity index is 1170. The van der Waals surface area contributed by atoms with Crippen molar-refractivity contribution in [3.05, 3.63) is 94.5 Å². The number of nitrogens with zero attached hydrogens (tertiary/aromatic N) is 2. The van der Waals surface area contributed by atoms with E-state index in [2.05, 4.69) is 0 Å². The summed E-state index contributed by atoms with van der Waals surface area (Å²) in [6, 6.07) is 20.0. The van der Waals surface area contributed by atoms with Crippen LogP contribution in [0.2, 0.25) is 5.02 Å². The van der Waals surface area contributed by atoms with E-state index in [0.29, 0.717) is 22.0 Å². The Morgan fingerprint density at radius 1 is 1.00 bits per heavy atom. The molecule has 0 bridgehead atoms. The first kappa shape index (κ1) is 22.6. The van der Waals surface area contributed by atoms with Crippen LogP contribution in [-0.2, 0) is 16.1 Å². The number of carbonyl (C=O) groups excluding carboxylic acids is 3. The van der Waals surface area contributed by atoms with Crippen LogP contribution in [0.1, 0.15) is 27.9 Å². The van der Waals surface area contributed by atoms with Crippen LogP contribution in [0.3, 0.4) is 0 Å². The van der Waals surface area contributed by atoms with Gasteiger partial charge in [0.25, 0.3) is 11.8 Å². The number of amides is 3. The van der Waals surface area contributed by atoms with Gasteiger partial charge in [-0.1, -0.05) is 41.4 Å². The predicted octanol–water partition coefficient (Wildman–Crippen LogP) is 4.63. The molecule has 0 N–H and O–H groups in total. The topological polar surface area (TPSA) is 66.9 Å². The molecule has 6 nitrogen and oxygen atoms in total. The Morgan fingerprint density at radius 3 is 2.24 bits per heavy atom. The summed E-state index contributed by atoms with van der Waals surface area (Å²) in [6.07, 6.45) is -0.0881. The van der Waals surface area contributed by atoms with Crippen molar-refractivity contribution in [2.45, 2.75) is 25.9 Å². The Morgan fingerprint density at radius 2 is 1.64 bits per heavy atom. The molecule has 0 radical (unpaired) electrons. The highest BCUT2D eigenvalue weighted by atomic mass is 35.5. The van der Waals surface area contributed by atoms with Gasteiger partial charge in [-0.15, -0.1) is 0 Å². The second-order valence-electron chi connectivity index (χ2n) is 7.91. The summed E-state index contributed by atoms with van der Waals surface area (Å²) in [5, 5.41) is 0.505. The summed E-state index contributed by atoms with van der Waals surface area (Å²) in [5.41, 5.74) is 2.80. The number of hydrogen-bond donors (Lipinski definition) is 0. The van der Waals surface area contributed by atoms with Gasteiger partial charge in [0.15, 0.2) is 0 Å². The van der Waals surface area contributed by atoms with Crippen LogP contribution < -0.4 is 9.64 Å². The van der Waals surface area contributed by atoms with Crippen molar-refractivity contribution < 1.29 is 19.1 Å². The lowest BCUT2D eigenvalue weighted by molar-refractivity contribution is -0.122. The maximum absolute atomic E-state index is 13.5. The summed E-state index contributed by atoms with van der Waals surface area (Å²) in [4.78, 5) is 42.4. The van der Waals surface area contributed by atoms with E-state index >= 15 is 0 Å². The fourth-order valence-corrected chi connectivity index (χ4v) is 3.96. The number of benzene rings is 3. The molecule has 1 fully saturated rings. The van der Waals surface area contributed by atoms with Crippen molar-refractivity contribution in [2.24, 2.45) is 0 Å². The van der Waals surface area contributed by atoms with Crippen LogP contribution in [0.15, 0.2) is 72.8 Å². The third-order valence-corrected chi connectivity index (χ3v) is 5.91. The molecule has 1 atom stereocenters. The van der Waals surface area contributed by atoms with Gasteiger partial charge in [-0.3, -0.25) is 14.4 Å². The van der Waals surface area contributed by atoms with Crippen LogP contribution in [0, 0.1) is 6.92 Å². The first-order valence-corrected chi connectivity index (χ1v) is 10.9. The number of ether oxygens (including phenoxy) is 1. The number of anilines is 1. The standard InChI is InChI=1S/C26H23ClN2O4/c1-17-3-5-18(6-4-17)16-28(25(31)19-7-13-22(33-2)14-8-19)23-15-24(30)29(26(23)32)21-11-9-20(27)10-12-21/h3-14,23H,15-16H2,1-2H3. The molecular formula is C26H23ClN2O4. The monoisotopic (exact) mass is 462 g/mol. The van der Waals surface area contributed by atoms with Gasteiger partial charge in [0, 0.05) is 17.1 Å². The van der Waals surface area contributed by atoms with E-state index < -0.39 is 11.9 Å². The summed E-state index contributed by atoms with van der Waals surface area (Å²) in [6.45, 7) is 2.18. The van der Waals surface area contributed by atoms with Gasteiger partial charge in [0.05, 0.1) is 19.2 Å². The lowest BCUT2D eigenvalue weighted by atomic mass is 10.1. The lowest BCUT2D eigenvalue weighted by Crippen LogP contribution is -2.45. The molecule has 0 aliphatic carbocycles. The number of carbonyl (C=O) groups is 3. The summed E-state index contributed by atoms with van der Waals surface area (Å²) < 4.78 is 5.18. The Hall–Kier alpha value is -3.64. The molecule has 3 amide bonds. The summed E-state index contributed by atoms with van der Waals surface area (Å²) in [7, 11) is 1.55. The molecule has 1 saturated heterocycles. The molecule has 7 heteroatoms. The van der Waals surface area contributed by atoms with Gasteiger partial charge in [-0.2, -0.15) is 0 Å². The average Bonchev–Trinajstić information content (AvgIpc) is 3.12. The number of imide groups is 1. The second kappa shape index (κ2) is 9.46. The third kappa shape index (κ3) is 4.76. The minimum atomic E-state index is -0.913. The van der Waals surface area contributed by atoms with Gasteiger partial charge in [-0.25, -0.2) is 4.90 Å². The largest absolute Gasteiger partial charge is 0.497 e. The summed E-state index contributed by atoms with van der Waals surface area (Å²) >= 11 is 5.95. The molecule has 1 unspecified atom stereocenters. The molecule has 3 aromatic rings. The zero-order valence-corrected chi connectivity index (χ0v) is 19.1. The van der Waals surface area contributed by atoms with E-state index in [0.717, 1.165) is 16.0 Å². The van der Waals surface area contributed by atoms with Gasteiger partial charge < -0.3 is 9.64 Å². The van der Waals surface area contributed by atoms with Crippen molar-refractivity contribution in [3.63, 3.8) is 0 Å². The van der Waals surface area contributed by atoms with Crippen molar-refractivity contribution in [3.8, 4) is 5.75 Å². The zero-order valence-electron chi connectivity index (χ0n) is 18.3. The van der Waals surface area contributed by atoms with Crippen LogP contribution in [-0.4, -0.2) is 35.8 Å². The molecule has 1 aliphatic heterocycles. The van der Waals surface area contributed by atoms with Crippen LogP contribution in [0.25, 0.3) is 0 Å². The molecule has 1 heterocycles. The maximum Gasteiger partial charge on any atom is 0.257 e. The Balaban J connectivity index is 1.67. The molecule has 0 spiro atoms. The Labute approximate surface area is 197 Å². The molecule has 0 saturated carbocycles. The molecule has 0 aromatic heterocycles. The molecule has 33 heavy (non-hydrogen) atoms. The number of rotatable bonds is 6. The van der Waals surface area contributed by atoms with E-state index in [-0.39, 0.29) is 24.8 Å². The zero-order chi connectivity index (χ0) is 23.5. The summed E-state index contributed by atoms with van der Waals surface area (Å²) in [5.74, 6) is -0.500. The highest BCUT2D eigenvalue weighted by molar-refractivity contribution is 6.31. The van der Waals surface area contributed by atoms with Crippen molar-refractivity contribution in [1.29, 1.82) is 0 Å². The van der Waals surface area contributed by atoms with Crippen LogP contribution in [0.5, 0.6) is 5.75 Å². The van der Waals surface area contributed by atoms with Crippen molar-refractivity contribution in [2.75, 3.05) is 12.0 Å². The van der Waals surface area contributed by atoms with E-state index in [4.69, 9.17) is 16.3 Å². The van der Waals surface area contributed by atoms with E-state index in [9.17, 15) is 14.4 Å². The normalized spacial score (nSPS) is 15.6. The second-order valence-corrected chi connectivity index (χ2v) is 8.35. The first-order valence-electron chi connectivity index (χ1n) is 10.5. The molecule has 168 valence electrons. The van der Waals surface area contributed by atoms with Crippen molar-refractivity contribution >= 4 is 35.0 Å². The molecular weight excluding hydrogens is 440 g/mol. The first-order chi connectivity index (χ1) is 15.9. The SMILES string of the molecule is COc1ccc(C(=O)N(Cc2ccc(C)cc2)C2CC(=O)N(c3ccc(Cl)cc3)C2=O)cc1. The maximum atomic E-state index is 13.5. The molecule has 3 aromatic carbocycles. The van der Waals surface area contributed by atoms with E-state index in [1.807, 2.05) is 31.2 Å². The fraction of sp³-hybridized carbons (Fsp3) is 0.192. The quantitative estimate of drug-likeness (QED) is 0.501. The average molecular weight is 463 g/mol. The van der Waals surface area contributed by atoms with Gasteiger partial charge in [-0.05, 0) is 61.0 Å². The van der Waals surface area contributed by atoms with Gasteiger partial charge >= 0.3 is 0 Å². The van der Waals surface area contributed by atoms with Crippen LogP contribution in [0.4, 0.5) is 5.69 Å². The lowest BCUT2D eigenvalue weighted by Gasteiger charge is -2.28. The molecule has 1 aliphatic rings. The molecule has 4 rings (SSSR count). The minimum absolute atomic E-state index is 0.0881. The highest BCUT2D eigenvalue weighted by Crippen LogP contribution is 2.29. The predicted molar refractivity (Wildman–Crippen MR) is 126 cm³/mol. The number of aryl methyl sites for hydroxylation is 1. The Kier molecular flexibility index (Phi) is 6.47. The number of methoxy groups -OCH3 is 1. The number of halogens is 1. The van der Waals surface area contributed by atoms with Gasteiger partial charge in [0.2, 0.25) is 5.91 Å². The van der Waals surface area contributed by atoms with Crippen molar-refractivity contribution in [1.82, 2.24) is 4.90 Å².